The molecular weight excluding hydrogens is 413 g/mol. The molecule has 0 aliphatic carbocycles. The van der Waals surface area contributed by atoms with E-state index in [9.17, 15) is 14.3 Å². The van der Waals surface area contributed by atoms with Gasteiger partial charge in [-0.1, -0.05) is 23.4 Å². The first-order chi connectivity index (χ1) is 15.6. The van der Waals surface area contributed by atoms with E-state index in [0.717, 1.165) is 13.0 Å². The Morgan fingerprint density at radius 3 is 3.00 bits per heavy atom. The van der Waals surface area contributed by atoms with Crippen molar-refractivity contribution in [2.75, 3.05) is 19.7 Å². The van der Waals surface area contributed by atoms with E-state index in [4.69, 9.17) is 4.84 Å². The van der Waals surface area contributed by atoms with Crippen molar-refractivity contribution >= 4 is 33.9 Å². The zero-order valence-corrected chi connectivity index (χ0v) is 17.0. The molecule has 8 nitrogen and oxygen atoms in total. The molecule has 6 rings (SSSR count). The van der Waals surface area contributed by atoms with Crippen LogP contribution in [0.2, 0.25) is 0 Å². The number of para-hydroxylation sites is 1. The molecule has 0 spiro atoms. The van der Waals surface area contributed by atoms with E-state index in [2.05, 4.69) is 20.4 Å². The first-order valence-corrected chi connectivity index (χ1v) is 10.5. The number of H-pyrrole nitrogens is 1. The van der Waals surface area contributed by atoms with Gasteiger partial charge in [0.05, 0.1) is 11.3 Å². The standard InChI is InChI=1S/C23H20FN5O3/c24-12-5-6-18-16(7-12)20(23(31)27-18)22-21(15-3-1-2-4-17(15)26-22)28-32-11-19(30)29-10-13-8-14(29)9-25-13/h1-7,13-14,25,27,31H,8-11H2/t13-,14-/m1/s1. The molecule has 2 atom stereocenters. The number of aromatic nitrogens is 1. The van der Waals surface area contributed by atoms with Crippen LogP contribution < -0.4 is 5.32 Å². The van der Waals surface area contributed by atoms with Crippen LogP contribution in [-0.4, -0.2) is 64.1 Å². The van der Waals surface area contributed by atoms with E-state index >= 15 is 0 Å². The number of nitrogens with zero attached hydrogens (tertiary/aromatic N) is 3. The molecule has 0 saturated carbocycles. The summed E-state index contributed by atoms with van der Waals surface area (Å²) in [4.78, 5) is 27.4. The van der Waals surface area contributed by atoms with Gasteiger partial charge >= 0.3 is 0 Å². The van der Waals surface area contributed by atoms with E-state index in [0.29, 0.717) is 51.7 Å². The number of amides is 1. The molecule has 2 bridgehead atoms. The topological polar surface area (TPSA) is 102 Å². The molecule has 1 aromatic heterocycles. The summed E-state index contributed by atoms with van der Waals surface area (Å²) in [6, 6.07) is 12.1. The van der Waals surface area contributed by atoms with Gasteiger partial charge in [0, 0.05) is 41.6 Å². The second kappa shape index (κ2) is 7.16. The smallest absolute Gasteiger partial charge is 0.263 e. The van der Waals surface area contributed by atoms with Gasteiger partial charge in [0.15, 0.2) is 12.5 Å². The lowest BCUT2D eigenvalue weighted by Gasteiger charge is -2.26. The lowest BCUT2D eigenvalue weighted by molar-refractivity contribution is -0.137. The SMILES string of the molecule is O=C(CON=C1C(c2c(O)[nH]c3ccc(F)cc23)=Nc2ccccc21)N1C[C@H]2C[C@@H]1CN2. The van der Waals surface area contributed by atoms with Crippen LogP contribution in [0.1, 0.15) is 17.5 Å². The minimum absolute atomic E-state index is 0.106. The summed E-state index contributed by atoms with van der Waals surface area (Å²) < 4.78 is 13.9. The van der Waals surface area contributed by atoms with Crippen LogP contribution in [0.3, 0.4) is 0 Å². The third-order valence-corrected chi connectivity index (χ3v) is 6.31. The highest BCUT2D eigenvalue weighted by molar-refractivity contribution is 6.58. The first kappa shape index (κ1) is 19.0. The fourth-order valence-corrected chi connectivity index (χ4v) is 4.83. The Labute approximate surface area is 182 Å². The molecule has 0 radical (unpaired) electrons. The fraction of sp³-hybridized carbons (Fsp3) is 0.261. The number of hydrogen-bond donors (Lipinski definition) is 3. The van der Waals surface area contributed by atoms with Gasteiger partial charge in [0.2, 0.25) is 0 Å². The van der Waals surface area contributed by atoms with Crippen molar-refractivity contribution in [1.29, 1.82) is 0 Å². The van der Waals surface area contributed by atoms with E-state index in [1.165, 1.54) is 12.1 Å². The summed E-state index contributed by atoms with van der Waals surface area (Å²) in [7, 11) is 0. The van der Waals surface area contributed by atoms with Crippen molar-refractivity contribution in [1.82, 2.24) is 15.2 Å². The molecule has 32 heavy (non-hydrogen) atoms. The van der Waals surface area contributed by atoms with Gasteiger partial charge in [-0.15, -0.1) is 0 Å². The van der Waals surface area contributed by atoms with Gasteiger partial charge in [0.25, 0.3) is 5.91 Å². The van der Waals surface area contributed by atoms with Crippen molar-refractivity contribution in [2.24, 2.45) is 10.1 Å². The van der Waals surface area contributed by atoms with Crippen molar-refractivity contribution in [3.63, 3.8) is 0 Å². The van der Waals surface area contributed by atoms with Gasteiger partial charge in [-0.05, 0) is 30.7 Å². The molecular formula is C23H20FN5O3. The number of piperazine rings is 1. The van der Waals surface area contributed by atoms with Crippen LogP contribution in [0, 0.1) is 5.82 Å². The van der Waals surface area contributed by atoms with Crippen LogP contribution >= 0.6 is 0 Å². The summed E-state index contributed by atoms with van der Waals surface area (Å²) in [6.45, 7) is 1.32. The molecule has 1 amide bonds. The summed E-state index contributed by atoms with van der Waals surface area (Å²) in [5.74, 6) is -0.671. The number of halogens is 1. The van der Waals surface area contributed by atoms with Gasteiger partial charge in [-0.25, -0.2) is 9.38 Å². The predicted molar refractivity (Wildman–Crippen MR) is 117 cm³/mol. The highest BCUT2D eigenvalue weighted by Gasteiger charge is 2.40. The summed E-state index contributed by atoms with van der Waals surface area (Å²) in [6.07, 6.45) is 0.973. The van der Waals surface area contributed by atoms with Crippen LogP contribution in [0.5, 0.6) is 5.88 Å². The molecule has 2 saturated heterocycles. The van der Waals surface area contributed by atoms with E-state index in [1.54, 1.807) is 6.07 Å². The lowest BCUT2D eigenvalue weighted by atomic mass is 10.0. The highest BCUT2D eigenvalue weighted by atomic mass is 19.1. The number of rotatable bonds is 4. The number of oxime groups is 1. The van der Waals surface area contributed by atoms with Gasteiger partial charge in [0.1, 0.15) is 17.2 Å². The fourth-order valence-electron chi connectivity index (χ4n) is 4.83. The molecule has 9 heteroatoms. The number of likely N-dealkylation sites (tertiary alicyclic amines) is 1. The van der Waals surface area contributed by atoms with Crippen molar-refractivity contribution < 1.29 is 19.1 Å². The van der Waals surface area contributed by atoms with Crippen LogP contribution in [0.25, 0.3) is 10.9 Å². The van der Waals surface area contributed by atoms with Crippen molar-refractivity contribution in [3.8, 4) is 5.88 Å². The number of carbonyl (C=O) groups excluding carboxylic acids is 1. The van der Waals surface area contributed by atoms with Crippen LogP contribution in [-0.2, 0) is 9.63 Å². The minimum atomic E-state index is -0.427. The molecule has 162 valence electrons. The lowest BCUT2D eigenvalue weighted by Crippen LogP contribution is -2.47. The largest absolute Gasteiger partial charge is 0.494 e. The molecule has 3 aliphatic rings. The quantitative estimate of drug-likeness (QED) is 0.550. The molecule has 3 aliphatic heterocycles. The molecule has 3 N–H and O–H groups in total. The zero-order valence-electron chi connectivity index (χ0n) is 17.0. The van der Waals surface area contributed by atoms with Gasteiger partial charge in [-0.2, -0.15) is 0 Å². The summed E-state index contributed by atoms with van der Waals surface area (Å²) in [5.41, 5.74) is 3.03. The summed E-state index contributed by atoms with van der Waals surface area (Å²) in [5, 5.41) is 18.7. The Morgan fingerprint density at radius 1 is 1.31 bits per heavy atom. The number of benzene rings is 2. The average Bonchev–Trinajstić information content (AvgIpc) is 3.55. The Balaban J connectivity index is 1.33. The third-order valence-electron chi connectivity index (χ3n) is 6.31. The number of fused-ring (bicyclic) bond motifs is 4. The second-order valence-electron chi connectivity index (χ2n) is 8.27. The molecule has 4 heterocycles. The first-order valence-electron chi connectivity index (χ1n) is 10.5. The van der Waals surface area contributed by atoms with Crippen LogP contribution in [0.15, 0.2) is 52.6 Å². The zero-order chi connectivity index (χ0) is 21.8. The monoisotopic (exact) mass is 433 g/mol. The average molecular weight is 433 g/mol. The third kappa shape index (κ3) is 2.96. The van der Waals surface area contributed by atoms with Crippen molar-refractivity contribution in [3.05, 3.63) is 59.4 Å². The Hall–Kier alpha value is -3.72. The van der Waals surface area contributed by atoms with E-state index in [-0.39, 0.29) is 24.4 Å². The molecule has 2 aromatic carbocycles. The Bertz CT molecular complexity index is 1310. The Kier molecular flexibility index (Phi) is 4.25. The van der Waals surface area contributed by atoms with Crippen molar-refractivity contribution in [2.45, 2.75) is 18.5 Å². The predicted octanol–water partition coefficient (Wildman–Crippen LogP) is 2.44. The molecule has 2 fully saturated rings. The maximum absolute atomic E-state index is 13.9. The number of aromatic hydroxyl groups is 1. The normalized spacial score (nSPS) is 22.6. The maximum atomic E-state index is 13.9. The van der Waals surface area contributed by atoms with E-state index in [1.807, 2.05) is 29.2 Å². The summed E-state index contributed by atoms with van der Waals surface area (Å²) >= 11 is 0. The van der Waals surface area contributed by atoms with Gasteiger partial charge < -0.3 is 25.1 Å². The number of hydrogen-bond acceptors (Lipinski definition) is 6. The Morgan fingerprint density at radius 2 is 2.19 bits per heavy atom. The number of nitrogens with one attached hydrogen (secondary N) is 2. The maximum Gasteiger partial charge on any atom is 0.263 e. The number of aromatic amines is 1. The van der Waals surface area contributed by atoms with Crippen LogP contribution in [0.4, 0.5) is 10.1 Å². The second-order valence-corrected chi connectivity index (χ2v) is 8.27. The van der Waals surface area contributed by atoms with E-state index < -0.39 is 5.82 Å². The molecule has 0 unspecified atom stereocenters. The number of aliphatic imine (C=N–C) groups is 1. The van der Waals surface area contributed by atoms with Gasteiger partial charge in [-0.3, -0.25) is 4.79 Å². The highest BCUT2D eigenvalue weighted by Crippen LogP contribution is 2.36. The molecule has 3 aromatic rings. The minimum Gasteiger partial charge on any atom is -0.494 e. The number of carbonyl (C=O) groups is 1.